The van der Waals surface area contributed by atoms with Gasteiger partial charge in [0.25, 0.3) is 0 Å². The number of hydrogen-bond donors (Lipinski definition) is 1. The van der Waals surface area contributed by atoms with Crippen molar-refractivity contribution in [2.75, 3.05) is 14.2 Å². The number of carbonyl (C=O) groups excluding carboxylic acids is 1. The van der Waals surface area contributed by atoms with E-state index in [9.17, 15) is 4.79 Å². The number of carbonyl (C=O) groups is 1. The molecule has 0 atom stereocenters. The van der Waals surface area contributed by atoms with Crippen LogP contribution in [0.3, 0.4) is 0 Å². The van der Waals surface area contributed by atoms with E-state index in [4.69, 9.17) is 9.47 Å². The molecular formula is C18H17NO3. The van der Waals surface area contributed by atoms with E-state index in [1.54, 1.807) is 13.2 Å². The molecule has 112 valence electrons. The Morgan fingerprint density at radius 1 is 1.14 bits per heavy atom. The molecule has 0 aliphatic heterocycles. The number of H-pyrrole nitrogens is 1. The summed E-state index contributed by atoms with van der Waals surface area (Å²) in [4.78, 5) is 15.1. The third-order valence-corrected chi connectivity index (χ3v) is 3.74. The van der Waals surface area contributed by atoms with Crippen molar-refractivity contribution in [1.82, 2.24) is 4.98 Å². The molecule has 2 aromatic carbocycles. The number of aromatic amines is 1. The Morgan fingerprint density at radius 2 is 1.95 bits per heavy atom. The van der Waals surface area contributed by atoms with Crippen molar-refractivity contribution in [3.63, 3.8) is 0 Å². The summed E-state index contributed by atoms with van der Waals surface area (Å²) in [7, 11) is 2.91. The second-order valence-corrected chi connectivity index (χ2v) is 5.06. The summed E-state index contributed by atoms with van der Waals surface area (Å²) in [6.45, 7) is 0. The van der Waals surface area contributed by atoms with Gasteiger partial charge in [-0.25, -0.2) is 4.79 Å². The number of esters is 1. The number of rotatable bonds is 4. The zero-order valence-corrected chi connectivity index (χ0v) is 12.6. The Labute approximate surface area is 128 Å². The van der Waals surface area contributed by atoms with Crippen molar-refractivity contribution in [3.05, 3.63) is 65.4 Å². The van der Waals surface area contributed by atoms with Gasteiger partial charge in [0, 0.05) is 17.1 Å². The molecule has 0 amide bonds. The Bertz CT molecular complexity index is 820. The van der Waals surface area contributed by atoms with E-state index in [1.165, 1.54) is 18.1 Å². The average molecular weight is 295 g/mol. The van der Waals surface area contributed by atoms with Crippen LogP contribution < -0.4 is 4.74 Å². The van der Waals surface area contributed by atoms with Crippen molar-refractivity contribution < 1.29 is 14.3 Å². The van der Waals surface area contributed by atoms with Gasteiger partial charge in [0.15, 0.2) is 0 Å². The van der Waals surface area contributed by atoms with Crippen LogP contribution in [-0.4, -0.2) is 25.2 Å². The second kappa shape index (κ2) is 5.93. The van der Waals surface area contributed by atoms with E-state index in [1.807, 2.05) is 36.5 Å². The number of nitrogens with one attached hydrogen (secondary N) is 1. The summed E-state index contributed by atoms with van der Waals surface area (Å²) in [5.41, 5.74) is 3.78. The van der Waals surface area contributed by atoms with Crippen LogP contribution >= 0.6 is 0 Å². The lowest BCUT2D eigenvalue weighted by molar-refractivity contribution is 0.0597. The van der Waals surface area contributed by atoms with Gasteiger partial charge in [-0.15, -0.1) is 0 Å². The minimum Gasteiger partial charge on any atom is -0.496 e. The molecule has 3 aromatic rings. The zero-order chi connectivity index (χ0) is 15.5. The number of hydrogen-bond acceptors (Lipinski definition) is 3. The molecule has 0 aliphatic carbocycles. The van der Waals surface area contributed by atoms with Crippen LogP contribution in [0.4, 0.5) is 0 Å². The highest BCUT2D eigenvalue weighted by Gasteiger charge is 2.14. The van der Waals surface area contributed by atoms with Crippen LogP contribution in [0.5, 0.6) is 5.75 Å². The van der Waals surface area contributed by atoms with Crippen LogP contribution in [-0.2, 0) is 11.2 Å². The SMILES string of the molecule is COC(=O)c1cc(Cc2c[nH]c3ccccc23)ccc1OC. The summed E-state index contributed by atoms with van der Waals surface area (Å²) in [5, 5.41) is 1.19. The Hall–Kier alpha value is -2.75. The highest BCUT2D eigenvalue weighted by molar-refractivity contribution is 5.92. The fourth-order valence-corrected chi connectivity index (χ4v) is 2.63. The van der Waals surface area contributed by atoms with Gasteiger partial charge >= 0.3 is 5.97 Å². The second-order valence-electron chi connectivity index (χ2n) is 5.06. The molecular weight excluding hydrogens is 278 g/mol. The number of aromatic nitrogens is 1. The van der Waals surface area contributed by atoms with Gasteiger partial charge in [0.2, 0.25) is 0 Å². The van der Waals surface area contributed by atoms with Crippen LogP contribution in [0, 0.1) is 0 Å². The Kier molecular flexibility index (Phi) is 3.83. The largest absolute Gasteiger partial charge is 0.496 e. The summed E-state index contributed by atoms with van der Waals surface area (Å²) >= 11 is 0. The fourth-order valence-electron chi connectivity index (χ4n) is 2.63. The molecule has 4 nitrogen and oxygen atoms in total. The van der Waals surface area contributed by atoms with Crippen LogP contribution in [0.15, 0.2) is 48.7 Å². The van der Waals surface area contributed by atoms with E-state index in [0.29, 0.717) is 11.3 Å². The maximum atomic E-state index is 11.9. The van der Waals surface area contributed by atoms with Crippen molar-refractivity contribution >= 4 is 16.9 Å². The predicted molar refractivity (Wildman–Crippen MR) is 85.4 cm³/mol. The lowest BCUT2D eigenvalue weighted by atomic mass is 10.0. The lowest BCUT2D eigenvalue weighted by Gasteiger charge is -2.09. The molecule has 0 saturated heterocycles. The predicted octanol–water partition coefficient (Wildman–Crippen LogP) is 3.55. The molecule has 22 heavy (non-hydrogen) atoms. The van der Waals surface area contributed by atoms with Gasteiger partial charge in [0.1, 0.15) is 11.3 Å². The Morgan fingerprint density at radius 3 is 2.73 bits per heavy atom. The van der Waals surface area contributed by atoms with E-state index in [2.05, 4.69) is 11.1 Å². The molecule has 0 aliphatic rings. The first-order valence-electron chi connectivity index (χ1n) is 7.03. The molecule has 0 saturated carbocycles. The van der Waals surface area contributed by atoms with E-state index in [0.717, 1.165) is 17.5 Å². The molecule has 1 heterocycles. The van der Waals surface area contributed by atoms with Crippen molar-refractivity contribution in [3.8, 4) is 5.75 Å². The van der Waals surface area contributed by atoms with Crippen LogP contribution in [0.2, 0.25) is 0 Å². The normalized spacial score (nSPS) is 10.6. The maximum Gasteiger partial charge on any atom is 0.341 e. The molecule has 0 radical (unpaired) electrons. The third kappa shape index (κ3) is 2.55. The molecule has 0 fully saturated rings. The standard InChI is InChI=1S/C18H17NO3/c1-21-17-8-7-12(10-15(17)18(20)22-2)9-13-11-19-16-6-4-3-5-14(13)16/h3-8,10-11,19H,9H2,1-2H3. The number of methoxy groups -OCH3 is 2. The maximum absolute atomic E-state index is 11.9. The highest BCUT2D eigenvalue weighted by atomic mass is 16.5. The number of ether oxygens (including phenoxy) is 2. The molecule has 0 bridgehead atoms. The monoisotopic (exact) mass is 295 g/mol. The van der Waals surface area contributed by atoms with Gasteiger partial charge in [-0.05, 0) is 35.7 Å². The number of fused-ring (bicyclic) bond motifs is 1. The molecule has 1 aromatic heterocycles. The van der Waals surface area contributed by atoms with Crippen molar-refractivity contribution in [1.29, 1.82) is 0 Å². The molecule has 1 N–H and O–H groups in total. The number of para-hydroxylation sites is 1. The summed E-state index contributed by atoms with van der Waals surface area (Å²) < 4.78 is 10.0. The van der Waals surface area contributed by atoms with E-state index in [-0.39, 0.29) is 0 Å². The van der Waals surface area contributed by atoms with Gasteiger partial charge in [-0.2, -0.15) is 0 Å². The van der Waals surface area contributed by atoms with E-state index >= 15 is 0 Å². The third-order valence-electron chi connectivity index (χ3n) is 3.74. The van der Waals surface area contributed by atoms with Crippen molar-refractivity contribution in [2.45, 2.75) is 6.42 Å². The van der Waals surface area contributed by atoms with Gasteiger partial charge < -0.3 is 14.5 Å². The Balaban J connectivity index is 1.97. The smallest absolute Gasteiger partial charge is 0.341 e. The average Bonchev–Trinajstić information content (AvgIpc) is 2.97. The van der Waals surface area contributed by atoms with Crippen LogP contribution in [0.25, 0.3) is 10.9 Å². The highest BCUT2D eigenvalue weighted by Crippen LogP contribution is 2.25. The van der Waals surface area contributed by atoms with Crippen molar-refractivity contribution in [2.24, 2.45) is 0 Å². The first kappa shape index (κ1) is 14.2. The first-order chi connectivity index (χ1) is 10.7. The molecule has 0 unspecified atom stereocenters. The minimum absolute atomic E-state index is 0.391. The zero-order valence-electron chi connectivity index (χ0n) is 12.6. The number of benzene rings is 2. The molecule has 0 spiro atoms. The quantitative estimate of drug-likeness (QED) is 0.749. The molecule has 3 rings (SSSR count). The lowest BCUT2D eigenvalue weighted by Crippen LogP contribution is -2.05. The topological polar surface area (TPSA) is 51.3 Å². The fraction of sp³-hybridized carbons (Fsp3) is 0.167. The van der Waals surface area contributed by atoms with Gasteiger partial charge in [-0.3, -0.25) is 0 Å². The first-order valence-corrected chi connectivity index (χ1v) is 7.03. The van der Waals surface area contributed by atoms with E-state index < -0.39 is 5.97 Å². The summed E-state index contributed by atoms with van der Waals surface area (Å²) in [6.07, 6.45) is 2.74. The summed E-state index contributed by atoms with van der Waals surface area (Å²) in [6, 6.07) is 13.8. The summed E-state index contributed by atoms with van der Waals surface area (Å²) in [5.74, 6) is 0.132. The van der Waals surface area contributed by atoms with Crippen LogP contribution in [0.1, 0.15) is 21.5 Å². The minimum atomic E-state index is -0.391. The van der Waals surface area contributed by atoms with Gasteiger partial charge in [-0.1, -0.05) is 24.3 Å². The van der Waals surface area contributed by atoms with Gasteiger partial charge in [0.05, 0.1) is 14.2 Å². The molecule has 4 heteroatoms.